The zero-order valence-electron chi connectivity index (χ0n) is 6.61. The maximum Gasteiger partial charge on any atom is 0.216 e. The number of methoxy groups -OCH3 is 1. The zero-order chi connectivity index (χ0) is 8.27. The molecule has 60 valence electrons. The maximum atomic E-state index is 5.59. The van der Waals surface area contributed by atoms with Gasteiger partial charge in [-0.25, -0.2) is 9.97 Å². The van der Waals surface area contributed by atoms with Gasteiger partial charge in [-0.3, -0.25) is 0 Å². The van der Waals surface area contributed by atoms with E-state index in [-0.39, 0.29) is 6.04 Å². The van der Waals surface area contributed by atoms with Crippen LogP contribution in [0, 0.1) is 0 Å². The van der Waals surface area contributed by atoms with Crippen molar-refractivity contribution in [2.75, 3.05) is 7.11 Å². The van der Waals surface area contributed by atoms with Gasteiger partial charge >= 0.3 is 0 Å². The molecule has 0 amide bonds. The summed E-state index contributed by atoms with van der Waals surface area (Å²) in [5.41, 5.74) is 6.38. The molecule has 11 heavy (non-hydrogen) atoms. The van der Waals surface area contributed by atoms with E-state index in [9.17, 15) is 0 Å². The van der Waals surface area contributed by atoms with E-state index in [0.717, 1.165) is 5.69 Å². The van der Waals surface area contributed by atoms with Crippen LogP contribution in [0.4, 0.5) is 0 Å². The Morgan fingerprint density at radius 1 is 1.55 bits per heavy atom. The third kappa shape index (κ3) is 1.88. The molecule has 4 nitrogen and oxygen atoms in total. The van der Waals surface area contributed by atoms with Crippen molar-refractivity contribution in [3.63, 3.8) is 0 Å². The first-order valence-corrected chi connectivity index (χ1v) is 3.35. The van der Waals surface area contributed by atoms with Crippen LogP contribution in [0.5, 0.6) is 5.88 Å². The molecule has 0 aliphatic carbocycles. The standard InChI is InChI=1S/C7H11N3O/c1-5(8)6-3-7(11-2)10-4-9-6/h3-5H,8H2,1-2H3. The molecular formula is C7H11N3O. The highest BCUT2D eigenvalue weighted by molar-refractivity contribution is 5.15. The highest BCUT2D eigenvalue weighted by Gasteiger charge is 2.01. The SMILES string of the molecule is COc1cc(C(C)N)ncn1. The van der Waals surface area contributed by atoms with Crippen molar-refractivity contribution in [3.05, 3.63) is 18.1 Å². The van der Waals surface area contributed by atoms with Gasteiger partial charge in [-0.05, 0) is 6.92 Å². The van der Waals surface area contributed by atoms with Crippen LogP contribution in [0.3, 0.4) is 0 Å². The van der Waals surface area contributed by atoms with E-state index < -0.39 is 0 Å². The molecule has 1 aromatic rings. The van der Waals surface area contributed by atoms with Crippen LogP contribution in [-0.2, 0) is 0 Å². The summed E-state index contributed by atoms with van der Waals surface area (Å²) in [7, 11) is 1.56. The fourth-order valence-electron chi connectivity index (χ4n) is 0.714. The Balaban J connectivity index is 2.91. The first kappa shape index (κ1) is 7.94. The van der Waals surface area contributed by atoms with Gasteiger partial charge < -0.3 is 10.5 Å². The van der Waals surface area contributed by atoms with Gasteiger partial charge in [0.25, 0.3) is 0 Å². The Bertz CT molecular complexity index is 237. The molecule has 1 atom stereocenters. The van der Waals surface area contributed by atoms with Crippen molar-refractivity contribution >= 4 is 0 Å². The summed E-state index contributed by atoms with van der Waals surface area (Å²) in [6, 6.07) is 1.65. The molecule has 0 saturated heterocycles. The molecule has 0 spiro atoms. The molecule has 0 fully saturated rings. The summed E-state index contributed by atoms with van der Waals surface area (Å²) in [6.45, 7) is 1.86. The molecule has 0 aliphatic rings. The monoisotopic (exact) mass is 153 g/mol. The van der Waals surface area contributed by atoms with E-state index >= 15 is 0 Å². The van der Waals surface area contributed by atoms with E-state index in [4.69, 9.17) is 10.5 Å². The summed E-state index contributed by atoms with van der Waals surface area (Å²) >= 11 is 0. The Morgan fingerprint density at radius 3 is 2.82 bits per heavy atom. The minimum atomic E-state index is -0.0769. The third-order valence-electron chi connectivity index (χ3n) is 1.34. The molecule has 1 aromatic heterocycles. The van der Waals surface area contributed by atoms with Crippen LogP contribution in [0.2, 0.25) is 0 Å². The maximum absolute atomic E-state index is 5.59. The minimum absolute atomic E-state index is 0.0769. The smallest absolute Gasteiger partial charge is 0.216 e. The largest absolute Gasteiger partial charge is 0.481 e. The number of rotatable bonds is 2. The fourth-order valence-corrected chi connectivity index (χ4v) is 0.714. The quantitative estimate of drug-likeness (QED) is 0.672. The van der Waals surface area contributed by atoms with Crippen LogP contribution < -0.4 is 10.5 Å². The van der Waals surface area contributed by atoms with Crippen molar-refractivity contribution < 1.29 is 4.74 Å². The third-order valence-corrected chi connectivity index (χ3v) is 1.34. The number of ether oxygens (including phenoxy) is 1. The lowest BCUT2D eigenvalue weighted by molar-refractivity contribution is 0.395. The lowest BCUT2D eigenvalue weighted by atomic mass is 10.2. The first-order valence-electron chi connectivity index (χ1n) is 3.35. The number of nitrogens with two attached hydrogens (primary N) is 1. The van der Waals surface area contributed by atoms with Gasteiger partial charge in [0.15, 0.2) is 0 Å². The lowest BCUT2D eigenvalue weighted by Crippen LogP contribution is -2.07. The molecule has 0 radical (unpaired) electrons. The molecular weight excluding hydrogens is 142 g/mol. The van der Waals surface area contributed by atoms with Gasteiger partial charge in [-0.2, -0.15) is 0 Å². The predicted molar refractivity (Wildman–Crippen MR) is 41.2 cm³/mol. The number of aromatic nitrogens is 2. The predicted octanol–water partition coefficient (Wildman–Crippen LogP) is 0.505. The number of hydrogen-bond donors (Lipinski definition) is 1. The van der Waals surface area contributed by atoms with Gasteiger partial charge in [0.05, 0.1) is 12.8 Å². The average molecular weight is 153 g/mol. The topological polar surface area (TPSA) is 61.0 Å². The van der Waals surface area contributed by atoms with Crippen LogP contribution in [0.25, 0.3) is 0 Å². The Kier molecular flexibility index (Phi) is 2.38. The first-order chi connectivity index (χ1) is 5.24. The summed E-state index contributed by atoms with van der Waals surface area (Å²) in [5, 5.41) is 0. The average Bonchev–Trinajstić information content (AvgIpc) is 2.05. The van der Waals surface area contributed by atoms with Gasteiger partial charge in [0.1, 0.15) is 6.33 Å². The van der Waals surface area contributed by atoms with Gasteiger partial charge in [-0.15, -0.1) is 0 Å². The van der Waals surface area contributed by atoms with E-state index in [1.54, 1.807) is 13.2 Å². The second-order valence-electron chi connectivity index (χ2n) is 2.27. The van der Waals surface area contributed by atoms with Gasteiger partial charge in [0, 0.05) is 12.1 Å². The van der Waals surface area contributed by atoms with Crippen molar-refractivity contribution in [1.29, 1.82) is 0 Å². The molecule has 0 aromatic carbocycles. The molecule has 1 heterocycles. The number of hydrogen-bond acceptors (Lipinski definition) is 4. The van der Waals surface area contributed by atoms with Crippen LogP contribution in [0.15, 0.2) is 12.4 Å². The van der Waals surface area contributed by atoms with E-state index in [2.05, 4.69) is 9.97 Å². The highest BCUT2D eigenvalue weighted by Crippen LogP contribution is 2.10. The van der Waals surface area contributed by atoms with Crippen molar-refractivity contribution in [2.24, 2.45) is 5.73 Å². The van der Waals surface area contributed by atoms with Gasteiger partial charge in [0.2, 0.25) is 5.88 Å². The van der Waals surface area contributed by atoms with Crippen LogP contribution in [-0.4, -0.2) is 17.1 Å². The molecule has 1 rings (SSSR count). The Labute approximate surface area is 65.4 Å². The second-order valence-corrected chi connectivity index (χ2v) is 2.27. The molecule has 0 bridgehead atoms. The molecule has 2 N–H and O–H groups in total. The fraction of sp³-hybridized carbons (Fsp3) is 0.429. The van der Waals surface area contributed by atoms with Gasteiger partial charge in [-0.1, -0.05) is 0 Å². The highest BCUT2D eigenvalue weighted by atomic mass is 16.5. The summed E-state index contributed by atoms with van der Waals surface area (Å²) in [6.07, 6.45) is 1.44. The van der Waals surface area contributed by atoms with Crippen LogP contribution in [0.1, 0.15) is 18.7 Å². The Morgan fingerprint density at radius 2 is 2.27 bits per heavy atom. The van der Waals surface area contributed by atoms with E-state index in [0.29, 0.717) is 5.88 Å². The Hall–Kier alpha value is -1.16. The molecule has 0 aliphatic heterocycles. The molecule has 1 unspecified atom stereocenters. The van der Waals surface area contributed by atoms with E-state index in [1.165, 1.54) is 6.33 Å². The summed E-state index contributed by atoms with van der Waals surface area (Å²) in [4.78, 5) is 7.82. The normalized spacial score (nSPS) is 12.6. The summed E-state index contributed by atoms with van der Waals surface area (Å²) in [5.74, 6) is 0.548. The minimum Gasteiger partial charge on any atom is -0.481 e. The van der Waals surface area contributed by atoms with Crippen LogP contribution >= 0.6 is 0 Å². The second kappa shape index (κ2) is 3.30. The lowest BCUT2D eigenvalue weighted by Gasteiger charge is -2.04. The number of nitrogens with zero attached hydrogens (tertiary/aromatic N) is 2. The summed E-state index contributed by atoms with van der Waals surface area (Å²) < 4.78 is 4.90. The zero-order valence-corrected chi connectivity index (χ0v) is 6.61. The van der Waals surface area contributed by atoms with Crippen molar-refractivity contribution in [3.8, 4) is 5.88 Å². The van der Waals surface area contributed by atoms with E-state index in [1.807, 2.05) is 6.92 Å². The van der Waals surface area contributed by atoms with Crippen molar-refractivity contribution in [2.45, 2.75) is 13.0 Å². The molecule has 0 saturated carbocycles. The van der Waals surface area contributed by atoms with Crippen molar-refractivity contribution in [1.82, 2.24) is 9.97 Å². The molecule has 4 heteroatoms.